The van der Waals surface area contributed by atoms with Crippen LogP contribution in [-0.4, -0.2) is 32.4 Å². The average Bonchev–Trinajstić information content (AvgIpc) is 3.35. The van der Waals surface area contributed by atoms with E-state index in [-0.39, 0.29) is 17.4 Å². The lowest BCUT2D eigenvalue weighted by Gasteiger charge is -2.22. The van der Waals surface area contributed by atoms with Crippen molar-refractivity contribution in [2.24, 2.45) is 0 Å². The largest absolute Gasteiger partial charge is 0.339 e. The lowest BCUT2D eigenvalue weighted by atomic mass is 10.1. The quantitative estimate of drug-likeness (QED) is 0.250. The lowest BCUT2D eigenvalue weighted by Crippen LogP contribution is -2.32. The summed E-state index contributed by atoms with van der Waals surface area (Å²) in [6, 6.07) is 25.8. The minimum absolute atomic E-state index is 0.0399. The van der Waals surface area contributed by atoms with Gasteiger partial charge in [0.05, 0.1) is 4.92 Å². The Bertz CT molecular complexity index is 1240. The van der Waals surface area contributed by atoms with Crippen LogP contribution >= 0.6 is 0 Å². The van der Waals surface area contributed by atoms with E-state index in [0.717, 1.165) is 11.1 Å². The second kappa shape index (κ2) is 11.0. The molecule has 4 rings (SSSR count). The molecule has 0 saturated heterocycles. The zero-order chi connectivity index (χ0) is 23.8. The van der Waals surface area contributed by atoms with Gasteiger partial charge >= 0.3 is 0 Å². The predicted octanol–water partition coefficient (Wildman–Crippen LogP) is 4.85. The van der Waals surface area contributed by atoms with E-state index in [9.17, 15) is 14.9 Å². The highest BCUT2D eigenvalue weighted by Crippen LogP contribution is 2.21. The molecule has 0 radical (unpaired) electrons. The van der Waals surface area contributed by atoms with Crippen LogP contribution in [0.2, 0.25) is 0 Å². The molecule has 0 spiro atoms. The van der Waals surface area contributed by atoms with Gasteiger partial charge in [-0.15, -0.1) is 0 Å². The third-order valence-electron chi connectivity index (χ3n) is 5.42. The van der Waals surface area contributed by atoms with Crippen molar-refractivity contribution >= 4 is 11.6 Å². The van der Waals surface area contributed by atoms with Crippen molar-refractivity contribution < 1.29 is 14.2 Å². The zero-order valence-corrected chi connectivity index (χ0v) is 18.5. The van der Waals surface area contributed by atoms with Crippen LogP contribution in [0.25, 0.3) is 11.4 Å². The van der Waals surface area contributed by atoms with Gasteiger partial charge in [-0.3, -0.25) is 14.9 Å². The van der Waals surface area contributed by atoms with E-state index in [1.807, 2.05) is 60.7 Å². The third-order valence-corrected chi connectivity index (χ3v) is 5.42. The Kier molecular flexibility index (Phi) is 7.39. The van der Waals surface area contributed by atoms with Crippen LogP contribution in [-0.2, 0) is 24.2 Å². The SMILES string of the molecule is O=C(CCc1ccccc1)N(CCc1nc(-c2cccc([N+](=O)[O-])c2)no1)Cc1ccccc1. The van der Waals surface area contributed by atoms with Crippen molar-refractivity contribution in [3.05, 3.63) is 112 Å². The number of non-ortho nitro benzene ring substituents is 1. The first-order valence-electron chi connectivity index (χ1n) is 11.0. The maximum absolute atomic E-state index is 13.1. The number of benzene rings is 3. The van der Waals surface area contributed by atoms with Gasteiger partial charge in [0.15, 0.2) is 0 Å². The number of aryl methyl sites for hydroxylation is 1. The van der Waals surface area contributed by atoms with Gasteiger partial charge in [0.2, 0.25) is 17.6 Å². The maximum atomic E-state index is 13.1. The number of nitro groups is 1. The lowest BCUT2D eigenvalue weighted by molar-refractivity contribution is -0.384. The molecule has 0 fully saturated rings. The number of amides is 1. The minimum atomic E-state index is -0.465. The summed E-state index contributed by atoms with van der Waals surface area (Å²) in [5.41, 5.74) is 2.62. The van der Waals surface area contributed by atoms with Crippen molar-refractivity contribution in [3.63, 3.8) is 0 Å². The molecule has 8 heteroatoms. The first kappa shape index (κ1) is 22.8. The Morgan fingerprint density at radius 2 is 1.62 bits per heavy atom. The van der Waals surface area contributed by atoms with Gasteiger partial charge in [-0.05, 0) is 17.5 Å². The van der Waals surface area contributed by atoms with Gasteiger partial charge in [0.25, 0.3) is 5.69 Å². The van der Waals surface area contributed by atoms with E-state index in [2.05, 4.69) is 10.1 Å². The number of hydrogen-bond acceptors (Lipinski definition) is 6. The van der Waals surface area contributed by atoms with Crippen molar-refractivity contribution in [1.29, 1.82) is 0 Å². The van der Waals surface area contributed by atoms with Gasteiger partial charge in [-0.2, -0.15) is 4.98 Å². The van der Waals surface area contributed by atoms with Crippen LogP contribution in [0.5, 0.6) is 0 Å². The molecule has 0 saturated carbocycles. The average molecular weight is 457 g/mol. The van der Waals surface area contributed by atoms with E-state index in [1.165, 1.54) is 12.1 Å². The molecule has 0 aliphatic heterocycles. The molecule has 0 bridgehead atoms. The molecule has 0 N–H and O–H groups in total. The minimum Gasteiger partial charge on any atom is -0.339 e. The number of rotatable bonds is 10. The highest BCUT2D eigenvalue weighted by molar-refractivity contribution is 5.76. The summed E-state index contributed by atoms with van der Waals surface area (Å²) in [6.07, 6.45) is 1.45. The number of carbonyl (C=O) groups is 1. The molecule has 0 atom stereocenters. The molecule has 3 aromatic carbocycles. The maximum Gasteiger partial charge on any atom is 0.270 e. The fraction of sp³-hybridized carbons (Fsp3) is 0.192. The normalized spacial score (nSPS) is 10.7. The molecular weight excluding hydrogens is 432 g/mol. The number of hydrogen-bond donors (Lipinski definition) is 0. The van der Waals surface area contributed by atoms with Gasteiger partial charge in [0.1, 0.15) is 0 Å². The highest BCUT2D eigenvalue weighted by atomic mass is 16.6. The molecule has 1 aromatic heterocycles. The summed E-state index contributed by atoms with van der Waals surface area (Å²) < 4.78 is 5.36. The second-order valence-electron chi connectivity index (χ2n) is 7.86. The Hall–Kier alpha value is -4.33. The van der Waals surface area contributed by atoms with Gasteiger partial charge in [0, 0.05) is 43.6 Å². The van der Waals surface area contributed by atoms with E-state index >= 15 is 0 Å². The molecule has 0 aliphatic carbocycles. The van der Waals surface area contributed by atoms with Gasteiger partial charge in [-0.1, -0.05) is 78.0 Å². The van der Waals surface area contributed by atoms with Crippen LogP contribution in [0.15, 0.2) is 89.5 Å². The van der Waals surface area contributed by atoms with Crippen molar-refractivity contribution in [2.75, 3.05) is 6.54 Å². The molecule has 172 valence electrons. The summed E-state index contributed by atoms with van der Waals surface area (Å²) in [4.78, 5) is 29.8. The third kappa shape index (κ3) is 6.13. The zero-order valence-electron chi connectivity index (χ0n) is 18.5. The van der Waals surface area contributed by atoms with E-state index in [4.69, 9.17) is 4.52 Å². The predicted molar refractivity (Wildman–Crippen MR) is 127 cm³/mol. The summed E-state index contributed by atoms with van der Waals surface area (Å²) in [7, 11) is 0. The number of carbonyl (C=O) groups excluding carboxylic acids is 1. The number of aromatic nitrogens is 2. The van der Waals surface area contributed by atoms with Crippen LogP contribution in [0.1, 0.15) is 23.4 Å². The molecule has 4 aromatic rings. The first-order valence-corrected chi connectivity index (χ1v) is 11.0. The Balaban J connectivity index is 1.43. The van der Waals surface area contributed by atoms with Gasteiger partial charge in [-0.25, -0.2) is 0 Å². The molecule has 0 aliphatic rings. The topological polar surface area (TPSA) is 102 Å². The number of nitro benzene ring substituents is 1. The number of nitrogens with zero attached hydrogens (tertiary/aromatic N) is 4. The van der Waals surface area contributed by atoms with Crippen molar-refractivity contribution in [3.8, 4) is 11.4 Å². The Morgan fingerprint density at radius 3 is 2.32 bits per heavy atom. The molecule has 8 nitrogen and oxygen atoms in total. The summed E-state index contributed by atoms with van der Waals surface area (Å²) in [6.45, 7) is 0.902. The molecule has 1 heterocycles. The van der Waals surface area contributed by atoms with E-state index in [0.29, 0.717) is 43.8 Å². The van der Waals surface area contributed by atoms with Crippen LogP contribution < -0.4 is 0 Å². The summed E-state index contributed by atoms with van der Waals surface area (Å²) in [5, 5.41) is 15.0. The second-order valence-corrected chi connectivity index (χ2v) is 7.86. The Morgan fingerprint density at radius 1 is 0.912 bits per heavy atom. The summed E-state index contributed by atoms with van der Waals surface area (Å²) in [5.74, 6) is 0.699. The van der Waals surface area contributed by atoms with E-state index < -0.39 is 4.92 Å². The standard InChI is InChI=1S/C26H24N4O4/c31-25(15-14-20-8-3-1-4-9-20)29(19-21-10-5-2-6-11-21)17-16-24-27-26(28-34-24)22-12-7-13-23(18-22)30(32)33/h1-13,18H,14-17,19H2. The molecule has 1 amide bonds. The highest BCUT2D eigenvalue weighted by Gasteiger charge is 2.17. The fourth-order valence-corrected chi connectivity index (χ4v) is 3.61. The Labute approximate surface area is 197 Å². The van der Waals surface area contributed by atoms with Crippen LogP contribution in [0.4, 0.5) is 5.69 Å². The van der Waals surface area contributed by atoms with Crippen molar-refractivity contribution in [1.82, 2.24) is 15.0 Å². The van der Waals surface area contributed by atoms with E-state index in [1.54, 1.807) is 17.0 Å². The smallest absolute Gasteiger partial charge is 0.270 e. The van der Waals surface area contributed by atoms with Crippen LogP contribution in [0.3, 0.4) is 0 Å². The van der Waals surface area contributed by atoms with Gasteiger partial charge < -0.3 is 9.42 Å². The van der Waals surface area contributed by atoms with Crippen LogP contribution in [0, 0.1) is 10.1 Å². The fourth-order valence-electron chi connectivity index (χ4n) is 3.61. The molecular formula is C26H24N4O4. The summed E-state index contributed by atoms with van der Waals surface area (Å²) >= 11 is 0. The molecule has 0 unspecified atom stereocenters. The monoisotopic (exact) mass is 456 g/mol. The first-order chi connectivity index (χ1) is 16.6. The molecule has 34 heavy (non-hydrogen) atoms. The van der Waals surface area contributed by atoms with Crippen molar-refractivity contribution in [2.45, 2.75) is 25.8 Å².